The number of piperazine rings is 1. The lowest BCUT2D eigenvalue weighted by atomic mass is 10.1. The van der Waals surface area contributed by atoms with Gasteiger partial charge in [-0.1, -0.05) is 18.2 Å². The Kier molecular flexibility index (Phi) is 6.52. The highest BCUT2D eigenvalue weighted by Crippen LogP contribution is 2.36. The monoisotopic (exact) mass is 498 g/mol. The summed E-state index contributed by atoms with van der Waals surface area (Å²) in [5, 5.41) is 0. The van der Waals surface area contributed by atoms with Crippen LogP contribution in [-0.4, -0.2) is 88.0 Å². The van der Waals surface area contributed by atoms with Gasteiger partial charge in [-0.3, -0.25) is 14.5 Å². The van der Waals surface area contributed by atoms with Crippen LogP contribution in [0.25, 0.3) is 0 Å². The van der Waals surface area contributed by atoms with Crippen molar-refractivity contribution in [2.24, 2.45) is 0 Å². The second-order valence-electron chi connectivity index (χ2n) is 9.06. The number of fused-ring (bicyclic) bond motifs is 1. The van der Waals surface area contributed by atoms with E-state index in [1.807, 2.05) is 23.1 Å². The maximum absolute atomic E-state index is 13.5. The normalized spacial score (nSPS) is 21.2. The smallest absolute Gasteiger partial charge is 0.246 e. The van der Waals surface area contributed by atoms with Crippen molar-refractivity contribution in [1.82, 2.24) is 9.21 Å². The summed E-state index contributed by atoms with van der Waals surface area (Å²) in [6, 6.07) is 14.3. The van der Waals surface area contributed by atoms with Crippen LogP contribution in [-0.2, 0) is 30.8 Å². The van der Waals surface area contributed by atoms with Crippen molar-refractivity contribution < 1.29 is 22.7 Å². The largest absolute Gasteiger partial charge is 0.379 e. The summed E-state index contributed by atoms with van der Waals surface area (Å²) in [6.45, 7) is 5.40. The van der Waals surface area contributed by atoms with Crippen LogP contribution in [0.5, 0.6) is 0 Å². The number of carbonyl (C=O) groups excluding carboxylic acids is 2. The topological polar surface area (TPSA) is 90.5 Å². The second-order valence-corrected chi connectivity index (χ2v) is 11.0. The molecule has 0 bridgehead atoms. The quantitative estimate of drug-likeness (QED) is 0.632. The van der Waals surface area contributed by atoms with Gasteiger partial charge in [-0.15, -0.1) is 0 Å². The Labute approximate surface area is 205 Å². The molecular weight excluding hydrogens is 468 g/mol. The first-order valence-corrected chi connectivity index (χ1v) is 13.4. The van der Waals surface area contributed by atoms with Crippen molar-refractivity contribution in [2.75, 3.05) is 62.3 Å². The molecule has 0 aliphatic carbocycles. The molecule has 35 heavy (non-hydrogen) atoms. The van der Waals surface area contributed by atoms with Gasteiger partial charge in [0.25, 0.3) is 0 Å². The number of benzene rings is 2. The zero-order valence-corrected chi connectivity index (χ0v) is 20.6. The summed E-state index contributed by atoms with van der Waals surface area (Å²) < 4.78 is 32.9. The molecule has 0 spiro atoms. The van der Waals surface area contributed by atoms with E-state index in [4.69, 9.17) is 4.74 Å². The van der Waals surface area contributed by atoms with E-state index in [0.717, 1.165) is 18.8 Å². The van der Waals surface area contributed by atoms with Crippen LogP contribution in [0.4, 0.5) is 11.4 Å². The van der Waals surface area contributed by atoms with Crippen LogP contribution in [0.15, 0.2) is 53.4 Å². The van der Waals surface area contributed by atoms with E-state index in [9.17, 15) is 18.0 Å². The highest BCUT2D eigenvalue weighted by atomic mass is 32.2. The molecule has 2 aromatic rings. The third-order valence-electron chi connectivity index (χ3n) is 6.98. The highest BCUT2D eigenvalue weighted by Gasteiger charge is 2.40. The molecule has 3 aliphatic heterocycles. The summed E-state index contributed by atoms with van der Waals surface area (Å²) in [7, 11) is -3.66. The average Bonchev–Trinajstić information content (AvgIpc) is 3.28. The number of amides is 2. The molecule has 10 heteroatoms. The van der Waals surface area contributed by atoms with E-state index in [1.54, 1.807) is 12.1 Å². The van der Waals surface area contributed by atoms with Gasteiger partial charge in [-0.2, -0.15) is 4.31 Å². The fourth-order valence-corrected chi connectivity index (χ4v) is 6.60. The van der Waals surface area contributed by atoms with E-state index in [0.29, 0.717) is 57.1 Å². The van der Waals surface area contributed by atoms with Gasteiger partial charge in [0, 0.05) is 64.0 Å². The number of anilines is 2. The van der Waals surface area contributed by atoms with Crippen molar-refractivity contribution in [1.29, 1.82) is 0 Å². The summed E-state index contributed by atoms with van der Waals surface area (Å²) in [5.74, 6) is -0.324. The average molecular weight is 499 g/mol. The Morgan fingerprint density at radius 2 is 1.60 bits per heavy atom. The summed E-state index contributed by atoms with van der Waals surface area (Å²) in [5.41, 5.74) is 2.45. The molecule has 0 radical (unpaired) electrons. The number of carbonyl (C=O) groups is 2. The zero-order valence-electron chi connectivity index (χ0n) is 19.8. The molecular formula is C25H30N4O5S. The van der Waals surface area contributed by atoms with Crippen LogP contribution in [0, 0.1) is 0 Å². The first kappa shape index (κ1) is 23.8. The molecule has 0 saturated carbocycles. The number of ether oxygens (including phenoxy) is 1. The third-order valence-corrected chi connectivity index (χ3v) is 8.87. The van der Waals surface area contributed by atoms with Crippen LogP contribution in [0.1, 0.15) is 12.5 Å². The van der Waals surface area contributed by atoms with Gasteiger partial charge in [0.05, 0.1) is 18.1 Å². The fraction of sp³-hybridized carbons (Fsp3) is 0.440. The SMILES string of the molecule is CC(=O)N1c2ccc(S(=O)(=O)N3CCOCC3)cc2CC1C(=O)N1CCN(c2ccccc2)CC1. The molecule has 3 aliphatic rings. The number of para-hydroxylation sites is 1. The predicted molar refractivity (Wildman–Crippen MR) is 132 cm³/mol. The molecule has 2 fully saturated rings. The van der Waals surface area contributed by atoms with E-state index in [-0.39, 0.29) is 16.7 Å². The Bertz CT molecular complexity index is 1210. The number of hydrogen-bond donors (Lipinski definition) is 0. The van der Waals surface area contributed by atoms with Crippen molar-refractivity contribution in [2.45, 2.75) is 24.3 Å². The second kappa shape index (κ2) is 9.60. The summed E-state index contributed by atoms with van der Waals surface area (Å²) >= 11 is 0. The van der Waals surface area contributed by atoms with E-state index < -0.39 is 16.1 Å². The van der Waals surface area contributed by atoms with Crippen LogP contribution in [0.3, 0.4) is 0 Å². The first-order chi connectivity index (χ1) is 16.9. The van der Waals surface area contributed by atoms with Crippen molar-refractivity contribution >= 4 is 33.2 Å². The van der Waals surface area contributed by atoms with Crippen LogP contribution in [0.2, 0.25) is 0 Å². The van der Waals surface area contributed by atoms with Gasteiger partial charge in [-0.25, -0.2) is 8.42 Å². The number of hydrogen-bond acceptors (Lipinski definition) is 6. The predicted octanol–water partition coefficient (Wildman–Crippen LogP) is 1.33. The molecule has 3 heterocycles. The Balaban J connectivity index is 1.33. The molecule has 2 saturated heterocycles. The summed E-state index contributed by atoms with van der Waals surface area (Å²) in [6.07, 6.45) is 0.305. The number of nitrogens with zero attached hydrogens (tertiary/aromatic N) is 4. The van der Waals surface area contributed by atoms with Crippen molar-refractivity contribution in [3.05, 3.63) is 54.1 Å². The van der Waals surface area contributed by atoms with Gasteiger partial charge in [0.2, 0.25) is 21.8 Å². The zero-order chi connectivity index (χ0) is 24.6. The molecule has 9 nitrogen and oxygen atoms in total. The van der Waals surface area contributed by atoms with Gasteiger partial charge in [0.1, 0.15) is 6.04 Å². The van der Waals surface area contributed by atoms with Crippen molar-refractivity contribution in [3.63, 3.8) is 0 Å². The van der Waals surface area contributed by atoms with Crippen molar-refractivity contribution in [3.8, 4) is 0 Å². The number of rotatable bonds is 4. The van der Waals surface area contributed by atoms with Gasteiger partial charge in [0.15, 0.2) is 0 Å². The fourth-order valence-electron chi connectivity index (χ4n) is 5.15. The van der Waals surface area contributed by atoms with E-state index in [1.165, 1.54) is 22.2 Å². The molecule has 5 rings (SSSR count). The van der Waals surface area contributed by atoms with Gasteiger partial charge < -0.3 is 14.5 Å². The van der Waals surface area contributed by atoms with Gasteiger partial charge >= 0.3 is 0 Å². The van der Waals surface area contributed by atoms with Gasteiger partial charge in [-0.05, 0) is 35.9 Å². The molecule has 2 aromatic carbocycles. The first-order valence-electron chi connectivity index (χ1n) is 12.0. The minimum absolute atomic E-state index is 0.0956. The maximum Gasteiger partial charge on any atom is 0.246 e. The van der Waals surface area contributed by atoms with Crippen LogP contribution < -0.4 is 9.80 Å². The minimum atomic E-state index is -3.66. The van der Waals surface area contributed by atoms with E-state index >= 15 is 0 Å². The minimum Gasteiger partial charge on any atom is -0.379 e. The Morgan fingerprint density at radius 3 is 2.26 bits per heavy atom. The number of morpholine rings is 1. The Hall–Kier alpha value is -2.95. The van der Waals surface area contributed by atoms with Crippen LogP contribution >= 0.6 is 0 Å². The van der Waals surface area contributed by atoms with E-state index in [2.05, 4.69) is 17.0 Å². The molecule has 2 amide bonds. The molecule has 186 valence electrons. The Morgan fingerprint density at radius 1 is 0.914 bits per heavy atom. The lowest BCUT2D eigenvalue weighted by Gasteiger charge is -2.38. The molecule has 1 atom stereocenters. The summed E-state index contributed by atoms with van der Waals surface area (Å²) in [4.78, 5) is 31.9. The number of sulfonamides is 1. The molecule has 0 aromatic heterocycles. The molecule has 1 unspecified atom stereocenters. The highest BCUT2D eigenvalue weighted by molar-refractivity contribution is 7.89. The third kappa shape index (κ3) is 4.53. The molecule has 0 N–H and O–H groups in total. The standard InChI is InChI=1S/C25H30N4O5S/c1-19(30)29-23-8-7-22(35(32,33)28-13-15-34-16-14-28)17-20(23)18-24(29)25(31)27-11-9-26(10-12-27)21-5-3-2-4-6-21/h2-8,17,24H,9-16,18H2,1H3. The maximum atomic E-state index is 13.5. The lowest BCUT2D eigenvalue weighted by Crippen LogP contribution is -2.55. The lowest BCUT2D eigenvalue weighted by molar-refractivity contribution is -0.134.